The molecule has 0 aromatic rings. The molecule has 0 spiro atoms. The first-order chi connectivity index (χ1) is 17.7. The van der Waals surface area contributed by atoms with E-state index < -0.39 is 0 Å². The highest BCUT2D eigenvalue weighted by atomic mass is 16.3. The molecule has 0 radical (unpaired) electrons. The Bertz CT molecular complexity index is 1020. The minimum absolute atomic E-state index is 0.00118. The van der Waals surface area contributed by atoms with Crippen LogP contribution in [0.2, 0.25) is 0 Å². The molecule has 1 aliphatic heterocycles. The largest absolute Gasteiger partial charge is 0.393 e. The molecule has 0 bridgehead atoms. The number of nitrogens with zero attached hydrogens (tertiary/aromatic N) is 1. The highest BCUT2D eigenvalue weighted by Gasteiger charge is 2.68. The van der Waals surface area contributed by atoms with Gasteiger partial charge in [-0.05, 0) is 110 Å². The summed E-state index contributed by atoms with van der Waals surface area (Å²) in [5, 5.41) is 14.5. The quantitative estimate of drug-likeness (QED) is 0.374. The fraction of sp³-hybridized carbons (Fsp3) is 0.912. The van der Waals surface area contributed by atoms with Crippen LogP contribution in [0.1, 0.15) is 119 Å². The van der Waals surface area contributed by atoms with Gasteiger partial charge in [-0.2, -0.15) is 0 Å². The highest BCUT2D eigenvalue weighted by Crippen LogP contribution is 2.75. The summed E-state index contributed by atoms with van der Waals surface area (Å²) >= 11 is 0. The maximum atomic E-state index is 14.4. The fourth-order valence-corrected chi connectivity index (χ4v) is 11.8. The Balaban J connectivity index is 1.43. The van der Waals surface area contributed by atoms with Crippen LogP contribution in [0.15, 0.2) is 11.1 Å². The van der Waals surface area contributed by atoms with Crippen molar-refractivity contribution in [3.8, 4) is 0 Å². The number of nitrogens with one attached hydrogen (secondary N) is 1. The number of piperazine rings is 1. The number of allylic oxidation sites excluding steroid dienone is 1. The predicted octanol–water partition coefficient (Wildman–Crippen LogP) is 6.72. The second-order valence-electron chi connectivity index (χ2n) is 16.7. The number of aliphatic hydroxyl groups excluding tert-OH is 1. The van der Waals surface area contributed by atoms with E-state index in [4.69, 9.17) is 0 Å². The molecule has 0 unspecified atom stereocenters. The van der Waals surface area contributed by atoms with E-state index >= 15 is 0 Å². The Kier molecular flexibility index (Phi) is 6.16. The summed E-state index contributed by atoms with van der Waals surface area (Å²) in [5.74, 6) is 1.76. The van der Waals surface area contributed by atoms with E-state index in [1.165, 1.54) is 38.5 Å². The molecule has 1 saturated heterocycles. The van der Waals surface area contributed by atoms with Crippen LogP contribution >= 0.6 is 0 Å². The lowest BCUT2D eigenvalue weighted by molar-refractivity contribution is -0.205. The van der Waals surface area contributed by atoms with E-state index in [-0.39, 0.29) is 33.2 Å². The van der Waals surface area contributed by atoms with Crippen molar-refractivity contribution in [1.82, 2.24) is 10.2 Å². The van der Waals surface area contributed by atoms with Crippen LogP contribution in [0.4, 0.5) is 0 Å². The topological polar surface area (TPSA) is 52.6 Å². The van der Waals surface area contributed by atoms with Gasteiger partial charge in [0.1, 0.15) is 0 Å². The predicted molar refractivity (Wildman–Crippen MR) is 155 cm³/mol. The lowest BCUT2D eigenvalue weighted by atomic mass is 9.34. The average molecular weight is 525 g/mol. The fourth-order valence-electron chi connectivity index (χ4n) is 11.8. The third kappa shape index (κ3) is 3.50. The van der Waals surface area contributed by atoms with Crippen LogP contribution in [0.25, 0.3) is 0 Å². The number of carbonyl (C=O) groups is 1. The molecule has 4 saturated carbocycles. The Labute approximate surface area is 232 Å². The number of hydrogen-bond donors (Lipinski definition) is 2. The zero-order valence-corrected chi connectivity index (χ0v) is 25.6. The standard InChI is InChI=1S/C34H56N2O2/c1-29(2)14-16-34(28(38)36-20-18-35-19-21-36)17-15-32(6)23(24(34)22-29)8-9-26-31(5)12-11-27(37)30(3,4)25(31)10-13-33(26,32)7/h25-27,35,37H,8-22H2,1-7H3/t25-,26+,27-,31-,32+,33+,34-/m0/s1. The monoisotopic (exact) mass is 524 g/mol. The first-order valence-electron chi connectivity index (χ1n) is 16.1. The van der Waals surface area contributed by atoms with Gasteiger partial charge in [0.2, 0.25) is 5.91 Å². The molecule has 5 aliphatic carbocycles. The van der Waals surface area contributed by atoms with E-state index in [1.807, 2.05) is 0 Å². The number of aliphatic hydroxyl groups is 1. The van der Waals surface area contributed by atoms with Crippen LogP contribution in [0.5, 0.6) is 0 Å². The van der Waals surface area contributed by atoms with Gasteiger partial charge in [-0.1, -0.05) is 59.6 Å². The SMILES string of the molecule is CC1(C)CC[C@]2(C(=O)N3CCNCC3)CC[C@]3(C)C(=C2C1)CC[C@@H]1[C@@]2(C)CC[C@H](O)C(C)(C)[C@@H]2CC[C@]13C. The van der Waals surface area contributed by atoms with Gasteiger partial charge in [-0.25, -0.2) is 0 Å². The van der Waals surface area contributed by atoms with Gasteiger partial charge in [0.15, 0.2) is 0 Å². The minimum Gasteiger partial charge on any atom is -0.393 e. The first-order valence-corrected chi connectivity index (χ1v) is 16.1. The number of rotatable bonds is 1. The Hall–Kier alpha value is -0.870. The van der Waals surface area contributed by atoms with Gasteiger partial charge < -0.3 is 15.3 Å². The molecule has 4 nitrogen and oxygen atoms in total. The second kappa shape index (κ2) is 8.57. The van der Waals surface area contributed by atoms with Gasteiger partial charge in [-0.15, -0.1) is 0 Å². The summed E-state index contributed by atoms with van der Waals surface area (Å²) in [6.07, 6.45) is 12.4. The Morgan fingerprint density at radius 1 is 0.816 bits per heavy atom. The summed E-state index contributed by atoms with van der Waals surface area (Å²) in [4.78, 5) is 16.7. The van der Waals surface area contributed by atoms with Gasteiger partial charge >= 0.3 is 0 Å². The molecular formula is C34H56N2O2. The van der Waals surface area contributed by atoms with Gasteiger partial charge in [-0.3, -0.25) is 4.79 Å². The third-order valence-corrected chi connectivity index (χ3v) is 14.3. The van der Waals surface area contributed by atoms with Crippen molar-refractivity contribution in [3.63, 3.8) is 0 Å². The lowest BCUT2D eigenvalue weighted by Gasteiger charge is -2.71. The molecule has 4 heteroatoms. The second-order valence-corrected chi connectivity index (χ2v) is 16.7. The van der Waals surface area contributed by atoms with Crippen molar-refractivity contribution in [2.45, 2.75) is 125 Å². The van der Waals surface area contributed by atoms with E-state index in [9.17, 15) is 9.90 Å². The Morgan fingerprint density at radius 2 is 1.50 bits per heavy atom. The van der Waals surface area contributed by atoms with Crippen molar-refractivity contribution >= 4 is 5.91 Å². The summed E-state index contributed by atoms with van der Waals surface area (Å²) in [7, 11) is 0. The van der Waals surface area contributed by atoms with Crippen molar-refractivity contribution in [2.24, 2.45) is 44.3 Å². The van der Waals surface area contributed by atoms with Crippen LogP contribution in [-0.2, 0) is 4.79 Å². The molecule has 0 aromatic carbocycles. The van der Waals surface area contributed by atoms with Crippen LogP contribution < -0.4 is 5.32 Å². The zero-order chi connectivity index (χ0) is 27.4. The molecular weight excluding hydrogens is 468 g/mol. The van der Waals surface area contributed by atoms with Gasteiger partial charge in [0, 0.05) is 26.2 Å². The molecule has 214 valence electrons. The normalized spacial score (nSPS) is 47.9. The Morgan fingerprint density at radius 3 is 2.21 bits per heavy atom. The van der Waals surface area contributed by atoms with Crippen molar-refractivity contribution < 1.29 is 9.90 Å². The highest BCUT2D eigenvalue weighted by molar-refractivity contribution is 5.87. The van der Waals surface area contributed by atoms with Crippen molar-refractivity contribution in [3.05, 3.63) is 11.1 Å². The molecule has 1 heterocycles. The summed E-state index contributed by atoms with van der Waals surface area (Å²) in [5.41, 5.74) is 4.09. The molecule has 0 aromatic heterocycles. The molecule has 7 atom stereocenters. The number of fused-ring (bicyclic) bond motifs is 6. The minimum atomic E-state index is -0.247. The smallest absolute Gasteiger partial charge is 0.232 e. The van der Waals surface area contributed by atoms with E-state index in [1.54, 1.807) is 11.1 Å². The summed E-state index contributed by atoms with van der Waals surface area (Å²) in [6, 6.07) is 0. The summed E-state index contributed by atoms with van der Waals surface area (Å²) < 4.78 is 0. The van der Waals surface area contributed by atoms with Crippen molar-refractivity contribution in [2.75, 3.05) is 26.2 Å². The molecule has 5 fully saturated rings. The number of carbonyl (C=O) groups excluding carboxylic acids is 1. The molecule has 38 heavy (non-hydrogen) atoms. The molecule has 6 rings (SSSR count). The van der Waals surface area contributed by atoms with Crippen LogP contribution in [-0.4, -0.2) is 48.2 Å². The molecule has 2 N–H and O–H groups in total. The van der Waals surface area contributed by atoms with E-state index in [2.05, 4.69) is 58.7 Å². The van der Waals surface area contributed by atoms with Crippen LogP contribution in [0.3, 0.4) is 0 Å². The number of amides is 1. The number of hydrogen-bond acceptors (Lipinski definition) is 3. The third-order valence-electron chi connectivity index (χ3n) is 14.3. The zero-order valence-electron chi connectivity index (χ0n) is 25.6. The summed E-state index contributed by atoms with van der Waals surface area (Å²) in [6.45, 7) is 21.1. The first kappa shape index (κ1) is 27.3. The molecule has 1 amide bonds. The maximum absolute atomic E-state index is 14.4. The maximum Gasteiger partial charge on any atom is 0.232 e. The molecule has 6 aliphatic rings. The average Bonchev–Trinajstić information content (AvgIpc) is 2.87. The lowest BCUT2D eigenvalue weighted by Crippen LogP contribution is -2.64. The van der Waals surface area contributed by atoms with Crippen LogP contribution in [0, 0.1) is 44.3 Å². The van der Waals surface area contributed by atoms with E-state index in [0.29, 0.717) is 23.2 Å². The van der Waals surface area contributed by atoms with Crippen molar-refractivity contribution in [1.29, 1.82) is 0 Å². The van der Waals surface area contributed by atoms with E-state index in [0.717, 1.165) is 58.3 Å². The van der Waals surface area contributed by atoms with Gasteiger partial charge in [0.25, 0.3) is 0 Å². The van der Waals surface area contributed by atoms with Gasteiger partial charge in [0.05, 0.1) is 11.5 Å².